The zero-order chi connectivity index (χ0) is 20.9. The van der Waals surface area contributed by atoms with Crippen molar-refractivity contribution in [2.75, 3.05) is 63.8 Å². The predicted octanol–water partition coefficient (Wildman–Crippen LogP) is 2.00. The second-order valence-corrected chi connectivity index (χ2v) is 8.03. The fourth-order valence-electron chi connectivity index (χ4n) is 4.14. The van der Waals surface area contributed by atoms with Gasteiger partial charge in [-0.3, -0.25) is 14.6 Å². The Labute approximate surface area is 177 Å². The number of carbonyl (C=O) groups is 1. The summed E-state index contributed by atoms with van der Waals surface area (Å²) in [6.45, 7) is 7.41. The maximum absolute atomic E-state index is 13.9. The van der Waals surface area contributed by atoms with Gasteiger partial charge in [0.2, 0.25) is 5.91 Å². The first-order valence-electron chi connectivity index (χ1n) is 10.6. The summed E-state index contributed by atoms with van der Waals surface area (Å²) in [5.74, 6) is 0.290. The normalized spacial score (nSPS) is 18.6. The van der Waals surface area contributed by atoms with E-state index >= 15 is 0 Å². The Morgan fingerprint density at radius 3 is 2.13 bits per heavy atom. The van der Waals surface area contributed by atoms with Gasteiger partial charge in [0.15, 0.2) is 0 Å². The smallest absolute Gasteiger partial charge is 0.236 e. The molecule has 0 spiro atoms. The van der Waals surface area contributed by atoms with Crippen LogP contribution in [0.5, 0.6) is 5.75 Å². The molecule has 0 bridgehead atoms. The minimum absolute atomic E-state index is 0.164. The zero-order valence-electron chi connectivity index (χ0n) is 17.2. The Morgan fingerprint density at radius 1 is 0.833 bits per heavy atom. The minimum Gasteiger partial charge on any atom is -0.508 e. The highest BCUT2D eigenvalue weighted by Gasteiger charge is 2.25. The Hall–Kier alpha value is -2.64. The van der Waals surface area contributed by atoms with Gasteiger partial charge in [-0.1, -0.05) is 18.2 Å². The number of hydrogen-bond acceptors (Lipinski definition) is 5. The lowest BCUT2D eigenvalue weighted by atomic mass is 10.2. The van der Waals surface area contributed by atoms with Crippen LogP contribution >= 0.6 is 0 Å². The molecule has 30 heavy (non-hydrogen) atoms. The highest BCUT2D eigenvalue weighted by molar-refractivity contribution is 5.78. The van der Waals surface area contributed by atoms with Gasteiger partial charge in [0.05, 0.1) is 6.54 Å². The van der Waals surface area contributed by atoms with Crippen LogP contribution in [0.3, 0.4) is 0 Å². The standard InChI is InChI=1S/C23H29FN4O2/c24-22-4-2-1-3-19(22)17-25-11-15-28(16-12-25)23(30)18-26-9-13-27(14-10-26)20-5-7-21(29)8-6-20/h1-8,29H,9-18H2. The van der Waals surface area contributed by atoms with E-state index in [4.69, 9.17) is 0 Å². The lowest BCUT2D eigenvalue weighted by Crippen LogP contribution is -2.53. The molecular weight excluding hydrogens is 383 g/mol. The van der Waals surface area contributed by atoms with Gasteiger partial charge in [-0.25, -0.2) is 4.39 Å². The number of amides is 1. The van der Waals surface area contributed by atoms with E-state index in [1.807, 2.05) is 29.2 Å². The molecule has 160 valence electrons. The summed E-state index contributed by atoms with van der Waals surface area (Å²) in [6, 6.07) is 14.2. The first-order chi connectivity index (χ1) is 14.6. The van der Waals surface area contributed by atoms with Crippen molar-refractivity contribution in [3.8, 4) is 5.75 Å². The van der Waals surface area contributed by atoms with Crippen LogP contribution in [-0.4, -0.2) is 84.6 Å². The molecule has 2 aromatic rings. The molecule has 2 fully saturated rings. The van der Waals surface area contributed by atoms with E-state index in [0.29, 0.717) is 31.7 Å². The lowest BCUT2D eigenvalue weighted by Gasteiger charge is -2.38. The van der Waals surface area contributed by atoms with Crippen molar-refractivity contribution in [2.45, 2.75) is 6.54 Å². The molecule has 0 radical (unpaired) electrons. The molecule has 0 atom stereocenters. The number of phenols is 1. The number of phenolic OH excluding ortho intramolecular Hbond substituents is 1. The van der Waals surface area contributed by atoms with Crippen LogP contribution < -0.4 is 4.90 Å². The topological polar surface area (TPSA) is 50.3 Å². The van der Waals surface area contributed by atoms with Gasteiger partial charge in [-0.2, -0.15) is 0 Å². The molecule has 1 amide bonds. The summed E-state index contributed by atoms with van der Waals surface area (Å²) < 4.78 is 13.9. The van der Waals surface area contributed by atoms with E-state index in [2.05, 4.69) is 14.7 Å². The van der Waals surface area contributed by atoms with Crippen LogP contribution in [0.15, 0.2) is 48.5 Å². The Morgan fingerprint density at radius 2 is 1.47 bits per heavy atom. The van der Waals surface area contributed by atoms with Crippen molar-refractivity contribution in [2.24, 2.45) is 0 Å². The average molecular weight is 413 g/mol. The molecule has 6 nitrogen and oxygen atoms in total. The predicted molar refractivity (Wildman–Crippen MR) is 115 cm³/mol. The van der Waals surface area contributed by atoms with E-state index in [9.17, 15) is 14.3 Å². The third-order valence-electron chi connectivity index (χ3n) is 6.02. The van der Waals surface area contributed by atoms with E-state index in [1.54, 1.807) is 18.2 Å². The van der Waals surface area contributed by atoms with Gasteiger partial charge in [0.1, 0.15) is 11.6 Å². The van der Waals surface area contributed by atoms with Gasteiger partial charge < -0.3 is 14.9 Å². The Kier molecular flexibility index (Phi) is 6.50. The maximum Gasteiger partial charge on any atom is 0.236 e. The quantitative estimate of drug-likeness (QED) is 0.814. The molecule has 2 saturated heterocycles. The number of halogens is 1. The number of hydrogen-bond donors (Lipinski definition) is 1. The van der Waals surface area contributed by atoms with Crippen LogP contribution in [0.1, 0.15) is 5.56 Å². The highest BCUT2D eigenvalue weighted by Crippen LogP contribution is 2.20. The monoisotopic (exact) mass is 412 g/mol. The fraction of sp³-hybridized carbons (Fsp3) is 0.435. The third kappa shape index (κ3) is 5.09. The van der Waals surface area contributed by atoms with Gasteiger partial charge in [-0.15, -0.1) is 0 Å². The number of anilines is 1. The molecular formula is C23H29FN4O2. The first kappa shape index (κ1) is 20.6. The van der Waals surface area contributed by atoms with Crippen molar-refractivity contribution >= 4 is 11.6 Å². The van der Waals surface area contributed by atoms with Crippen molar-refractivity contribution in [3.63, 3.8) is 0 Å². The number of benzene rings is 2. The first-order valence-corrected chi connectivity index (χ1v) is 10.6. The van der Waals surface area contributed by atoms with Gasteiger partial charge in [0.25, 0.3) is 0 Å². The van der Waals surface area contributed by atoms with Crippen LogP contribution in [-0.2, 0) is 11.3 Å². The van der Waals surface area contributed by atoms with E-state index in [-0.39, 0.29) is 17.5 Å². The zero-order valence-corrected chi connectivity index (χ0v) is 17.2. The lowest BCUT2D eigenvalue weighted by molar-refractivity contribution is -0.134. The minimum atomic E-state index is -0.164. The van der Waals surface area contributed by atoms with Crippen molar-refractivity contribution in [3.05, 3.63) is 59.9 Å². The second-order valence-electron chi connectivity index (χ2n) is 8.03. The van der Waals surface area contributed by atoms with Gasteiger partial charge >= 0.3 is 0 Å². The number of carbonyl (C=O) groups excluding carboxylic acids is 1. The molecule has 0 aromatic heterocycles. The maximum atomic E-state index is 13.9. The fourth-order valence-corrected chi connectivity index (χ4v) is 4.14. The summed E-state index contributed by atoms with van der Waals surface area (Å²) in [7, 11) is 0. The van der Waals surface area contributed by atoms with Crippen molar-refractivity contribution < 1.29 is 14.3 Å². The average Bonchev–Trinajstić information content (AvgIpc) is 2.77. The van der Waals surface area contributed by atoms with E-state index in [0.717, 1.165) is 45.0 Å². The molecule has 2 aromatic carbocycles. The summed E-state index contributed by atoms with van der Waals surface area (Å²) in [4.78, 5) is 21.4. The largest absolute Gasteiger partial charge is 0.508 e. The third-order valence-corrected chi connectivity index (χ3v) is 6.02. The molecule has 2 aliphatic heterocycles. The molecule has 0 aliphatic carbocycles. The SMILES string of the molecule is O=C(CN1CCN(c2ccc(O)cc2)CC1)N1CCN(Cc2ccccc2F)CC1. The second kappa shape index (κ2) is 9.45. The summed E-state index contributed by atoms with van der Waals surface area (Å²) in [5, 5.41) is 9.43. The number of aromatic hydroxyl groups is 1. The molecule has 0 unspecified atom stereocenters. The molecule has 4 rings (SSSR count). The number of rotatable bonds is 5. The van der Waals surface area contributed by atoms with Crippen molar-refractivity contribution in [1.82, 2.24) is 14.7 Å². The number of piperazine rings is 2. The molecule has 0 saturated carbocycles. The van der Waals surface area contributed by atoms with Crippen LogP contribution in [0.4, 0.5) is 10.1 Å². The molecule has 7 heteroatoms. The molecule has 2 heterocycles. The summed E-state index contributed by atoms with van der Waals surface area (Å²) >= 11 is 0. The highest BCUT2D eigenvalue weighted by atomic mass is 19.1. The summed E-state index contributed by atoms with van der Waals surface area (Å²) in [5.41, 5.74) is 1.81. The van der Waals surface area contributed by atoms with Gasteiger partial charge in [0, 0.05) is 70.2 Å². The Balaban J connectivity index is 1.20. The number of nitrogens with zero attached hydrogens (tertiary/aromatic N) is 4. The van der Waals surface area contributed by atoms with Crippen LogP contribution in [0.2, 0.25) is 0 Å². The van der Waals surface area contributed by atoms with Crippen LogP contribution in [0, 0.1) is 5.82 Å². The van der Waals surface area contributed by atoms with Gasteiger partial charge in [-0.05, 0) is 30.3 Å². The molecule has 2 aliphatic rings. The van der Waals surface area contributed by atoms with Crippen LogP contribution in [0.25, 0.3) is 0 Å². The van der Waals surface area contributed by atoms with E-state index < -0.39 is 0 Å². The Bertz CT molecular complexity index is 845. The van der Waals surface area contributed by atoms with Crippen molar-refractivity contribution in [1.29, 1.82) is 0 Å². The summed E-state index contributed by atoms with van der Waals surface area (Å²) in [6.07, 6.45) is 0. The van der Waals surface area contributed by atoms with E-state index in [1.165, 1.54) is 6.07 Å². The molecule has 1 N–H and O–H groups in total.